The molecule has 1 aliphatic rings. The van der Waals surface area contributed by atoms with Crippen LogP contribution in [0.4, 0.5) is 0 Å². The number of aromatic nitrogens is 2. The van der Waals surface area contributed by atoms with Gasteiger partial charge in [-0.2, -0.15) is 0 Å². The van der Waals surface area contributed by atoms with Crippen LogP contribution in [-0.2, 0) is 16.1 Å². The van der Waals surface area contributed by atoms with Crippen LogP contribution in [0.5, 0.6) is 0 Å². The molecular formula is C21H26N6O4. The standard InChI is InChI=1S/C21H26N6O4/c1-24-7-12-2-4-13(5-3-12)19(22)31-20(23)18-10-25-9-17(27-18)15-6-16(15)21(30)26-8-14(29)11-28/h2-5,9-10,14-16,22-24,28-29H,6-8,11H2,1H3,(H,26,30). The third-order valence-corrected chi connectivity index (χ3v) is 4.92. The van der Waals surface area contributed by atoms with Crippen LogP contribution in [0, 0.1) is 16.7 Å². The molecule has 0 bridgehead atoms. The zero-order valence-corrected chi connectivity index (χ0v) is 17.1. The molecule has 10 nitrogen and oxygen atoms in total. The molecule has 1 aliphatic carbocycles. The lowest BCUT2D eigenvalue weighted by atomic mass is 10.1. The van der Waals surface area contributed by atoms with Crippen LogP contribution in [-0.4, -0.2) is 64.2 Å². The minimum atomic E-state index is -0.989. The lowest BCUT2D eigenvalue weighted by Crippen LogP contribution is -2.35. The van der Waals surface area contributed by atoms with Gasteiger partial charge in [-0.15, -0.1) is 0 Å². The minimum Gasteiger partial charge on any atom is -0.419 e. The van der Waals surface area contributed by atoms with Crippen LogP contribution in [0.3, 0.4) is 0 Å². The zero-order chi connectivity index (χ0) is 22.4. The predicted octanol–water partition coefficient (Wildman–Crippen LogP) is 0.136. The fourth-order valence-corrected chi connectivity index (χ4v) is 3.09. The molecule has 31 heavy (non-hydrogen) atoms. The molecule has 3 unspecified atom stereocenters. The van der Waals surface area contributed by atoms with Crippen molar-refractivity contribution in [3.8, 4) is 0 Å². The Morgan fingerprint density at radius 3 is 2.68 bits per heavy atom. The second kappa shape index (κ2) is 10.2. The fraction of sp³-hybridized carbons (Fsp3) is 0.381. The molecule has 1 saturated carbocycles. The van der Waals surface area contributed by atoms with Gasteiger partial charge in [0.15, 0.2) is 0 Å². The summed E-state index contributed by atoms with van der Waals surface area (Å²) in [5.74, 6) is -1.11. The van der Waals surface area contributed by atoms with Crippen molar-refractivity contribution >= 4 is 17.7 Å². The Kier molecular flexibility index (Phi) is 7.40. The van der Waals surface area contributed by atoms with E-state index in [0.717, 1.165) is 12.1 Å². The van der Waals surface area contributed by atoms with Crippen LogP contribution in [0.2, 0.25) is 0 Å². The van der Waals surface area contributed by atoms with Gasteiger partial charge in [0.05, 0.1) is 24.6 Å². The van der Waals surface area contributed by atoms with Gasteiger partial charge in [-0.05, 0) is 31.2 Å². The number of aliphatic hydroxyl groups is 2. The first-order valence-electron chi connectivity index (χ1n) is 9.90. The van der Waals surface area contributed by atoms with Crippen LogP contribution in [0.1, 0.15) is 34.9 Å². The maximum atomic E-state index is 12.1. The number of amides is 1. The number of hydrogen-bond donors (Lipinski definition) is 6. The molecule has 3 rings (SSSR count). The average Bonchev–Trinajstić information content (AvgIpc) is 3.59. The molecule has 6 N–H and O–H groups in total. The molecule has 0 spiro atoms. The molecule has 0 radical (unpaired) electrons. The van der Waals surface area contributed by atoms with Gasteiger partial charge in [-0.3, -0.25) is 20.6 Å². The highest BCUT2D eigenvalue weighted by atomic mass is 16.5. The number of ether oxygens (including phenoxy) is 1. The summed E-state index contributed by atoms with van der Waals surface area (Å²) < 4.78 is 5.35. The number of benzene rings is 1. The molecule has 0 saturated heterocycles. The van der Waals surface area contributed by atoms with E-state index < -0.39 is 12.7 Å². The number of hydrogen-bond acceptors (Lipinski definition) is 9. The molecule has 1 fully saturated rings. The van der Waals surface area contributed by atoms with Crippen molar-refractivity contribution in [2.24, 2.45) is 5.92 Å². The number of nitrogens with one attached hydrogen (secondary N) is 4. The molecular weight excluding hydrogens is 400 g/mol. The molecule has 10 heteroatoms. The first-order valence-corrected chi connectivity index (χ1v) is 9.90. The van der Waals surface area contributed by atoms with Crippen LogP contribution in [0.25, 0.3) is 0 Å². The Morgan fingerprint density at radius 1 is 1.26 bits per heavy atom. The monoisotopic (exact) mass is 426 g/mol. The maximum Gasteiger partial charge on any atom is 0.241 e. The zero-order valence-electron chi connectivity index (χ0n) is 17.1. The van der Waals surface area contributed by atoms with E-state index in [4.69, 9.17) is 20.7 Å². The minimum absolute atomic E-state index is 0.0131. The summed E-state index contributed by atoms with van der Waals surface area (Å²) in [5.41, 5.74) is 2.35. The predicted molar refractivity (Wildman–Crippen MR) is 113 cm³/mol. The van der Waals surface area contributed by atoms with Gasteiger partial charge in [-0.25, -0.2) is 4.98 Å². The van der Waals surface area contributed by atoms with Crippen LogP contribution in [0.15, 0.2) is 36.7 Å². The number of carbonyl (C=O) groups excluding carboxylic acids is 1. The first-order chi connectivity index (χ1) is 14.9. The van der Waals surface area contributed by atoms with E-state index >= 15 is 0 Å². The number of rotatable bonds is 9. The summed E-state index contributed by atoms with van der Waals surface area (Å²) in [4.78, 5) is 20.6. The van der Waals surface area contributed by atoms with Crippen molar-refractivity contribution in [3.05, 3.63) is 59.2 Å². The van der Waals surface area contributed by atoms with Crippen LogP contribution < -0.4 is 10.6 Å². The molecule has 1 aromatic heterocycles. The highest BCUT2D eigenvalue weighted by molar-refractivity contribution is 6.03. The maximum absolute atomic E-state index is 12.1. The second-order valence-corrected chi connectivity index (χ2v) is 7.35. The Balaban J connectivity index is 1.58. The van der Waals surface area contributed by atoms with E-state index in [0.29, 0.717) is 17.7 Å². The lowest BCUT2D eigenvalue weighted by Gasteiger charge is -2.10. The average molecular weight is 426 g/mol. The van der Waals surface area contributed by atoms with E-state index in [1.165, 1.54) is 6.20 Å². The van der Waals surface area contributed by atoms with E-state index in [2.05, 4.69) is 20.6 Å². The summed E-state index contributed by atoms with van der Waals surface area (Å²) in [7, 11) is 1.85. The highest BCUT2D eigenvalue weighted by Crippen LogP contribution is 2.46. The van der Waals surface area contributed by atoms with Gasteiger partial charge in [0.25, 0.3) is 0 Å². The topological polar surface area (TPSA) is 164 Å². The van der Waals surface area contributed by atoms with E-state index in [1.807, 2.05) is 19.2 Å². The SMILES string of the molecule is CNCc1ccc(C(=N)OC(=N)c2cncc(C3CC3C(=O)NCC(O)CO)n2)cc1. The third kappa shape index (κ3) is 5.91. The Labute approximate surface area is 179 Å². The largest absolute Gasteiger partial charge is 0.419 e. The summed E-state index contributed by atoms with van der Waals surface area (Å²) in [6, 6.07) is 7.27. The normalized spacial score (nSPS) is 18.2. The summed E-state index contributed by atoms with van der Waals surface area (Å²) in [6.07, 6.45) is 2.52. The molecule has 3 atom stereocenters. The number of nitrogens with zero attached hydrogens (tertiary/aromatic N) is 2. The van der Waals surface area contributed by atoms with Crippen LogP contribution >= 0.6 is 0 Å². The van der Waals surface area contributed by atoms with Crippen molar-refractivity contribution < 1.29 is 19.7 Å². The van der Waals surface area contributed by atoms with Gasteiger partial charge < -0.3 is 25.6 Å². The van der Waals surface area contributed by atoms with Gasteiger partial charge >= 0.3 is 0 Å². The van der Waals surface area contributed by atoms with Gasteiger partial charge in [0, 0.05) is 36.7 Å². The molecule has 164 valence electrons. The summed E-state index contributed by atoms with van der Waals surface area (Å²) in [5, 5.41) is 40.0. The van der Waals surface area contributed by atoms with E-state index in [1.54, 1.807) is 18.3 Å². The molecule has 1 heterocycles. The summed E-state index contributed by atoms with van der Waals surface area (Å²) in [6.45, 7) is 0.286. The first kappa shape index (κ1) is 22.5. The van der Waals surface area contributed by atoms with Gasteiger partial charge in [0.2, 0.25) is 17.7 Å². The van der Waals surface area contributed by atoms with Crippen molar-refractivity contribution in [1.82, 2.24) is 20.6 Å². The molecule has 2 aromatic rings. The van der Waals surface area contributed by atoms with E-state index in [-0.39, 0.29) is 41.8 Å². The van der Waals surface area contributed by atoms with Gasteiger partial charge in [-0.1, -0.05) is 12.1 Å². The third-order valence-electron chi connectivity index (χ3n) is 4.92. The molecule has 1 amide bonds. The van der Waals surface area contributed by atoms with Gasteiger partial charge in [0.1, 0.15) is 5.69 Å². The van der Waals surface area contributed by atoms with Crippen molar-refractivity contribution in [2.45, 2.75) is 25.0 Å². The van der Waals surface area contributed by atoms with Crippen molar-refractivity contribution in [3.63, 3.8) is 0 Å². The molecule has 0 aliphatic heterocycles. The van der Waals surface area contributed by atoms with E-state index in [9.17, 15) is 9.90 Å². The smallest absolute Gasteiger partial charge is 0.241 e. The number of carbonyl (C=O) groups is 1. The Hall–Kier alpha value is -3.21. The highest BCUT2D eigenvalue weighted by Gasteiger charge is 2.45. The summed E-state index contributed by atoms with van der Waals surface area (Å²) >= 11 is 0. The number of aliphatic hydroxyl groups excluding tert-OH is 2. The van der Waals surface area contributed by atoms with Crippen molar-refractivity contribution in [1.29, 1.82) is 10.8 Å². The van der Waals surface area contributed by atoms with Crippen molar-refractivity contribution in [2.75, 3.05) is 20.2 Å². The Morgan fingerprint density at radius 2 is 2.00 bits per heavy atom. The quantitative estimate of drug-likeness (QED) is 0.245. The lowest BCUT2D eigenvalue weighted by molar-refractivity contribution is -0.123. The Bertz CT molecular complexity index is 949. The molecule has 1 aromatic carbocycles. The second-order valence-electron chi connectivity index (χ2n) is 7.35. The fourth-order valence-electron chi connectivity index (χ4n) is 3.09.